The Morgan fingerprint density at radius 1 is 1.02 bits per heavy atom. The summed E-state index contributed by atoms with van der Waals surface area (Å²) in [6.45, 7) is 3.62. The second kappa shape index (κ2) is 14.7. The molecule has 0 aliphatic heterocycles. The van der Waals surface area contributed by atoms with Crippen molar-refractivity contribution in [2.24, 2.45) is 5.92 Å². The molecular formula is C30H44N4O6S. The van der Waals surface area contributed by atoms with Gasteiger partial charge >= 0.3 is 0 Å². The van der Waals surface area contributed by atoms with Crippen LogP contribution in [0.4, 0.5) is 5.69 Å². The number of rotatable bonds is 13. The quantitative estimate of drug-likeness (QED) is 0.326. The van der Waals surface area contributed by atoms with Gasteiger partial charge in [-0.3, -0.25) is 9.59 Å². The summed E-state index contributed by atoms with van der Waals surface area (Å²) in [5, 5.41) is 16.5. The maximum absolute atomic E-state index is 13.3. The van der Waals surface area contributed by atoms with Crippen molar-refractivity contribution >= 4 is 27.5 Å². The zero-order valence-electron chi connectivity index (χ0n) is 24.7. The molecule has 0 radical (unpaired) electrons. The van der Waals surface area contributed by atoms with Gasteiger partial charge in [-0.05, 0) is 61.2 Å². The van der Waals surface area contributed by atoms with E-state index in [1.54, 1.807) is 42.3 Å². The van der Waals surface area contributed by atoms with Gasteiger partial charge in [0.25, 0.3) is 11.8 Å². The van der Waals surface area contributed by atoms with Crippen molar-refractivity contribution in [1.29, 1.82) is 0 Å². The van der Waals surface area contributed by atoms with Crippen molar-refractivity contribution in [3.05, 3.63) is 53.6 Å². The van der Waals surface area contributed by atoms with Crippen LogP contribution in [0.5, 0.6) is 5.75 Å². The lowest BCUT2D eigenvalue weighted by Gasteiger charge is -2.31. The fourth-order valence-corrected chi connectivity index (χ4v) is 6.69. The molecule has 1 aliphatic carbocycles. The van der Waals surface area contributed by atoms with Crippen LogP contribution < -0.4 is 15.4 Å². The van der Waals surface area contributed by atoms with E-state index in [0.29, 0.717) is 17.0 Å². The fraction of sp³-hybridized carbons (Fsp3) is 0.533. The van der Waals surface area contributed by atoms with E-state index in [9.17, 15) is 23.1 Å². The molecule has 11 heteroatoms. The zero-order valence-corrected chi connectivity index (χ0v) is 25.5. The van der Waals surface area contributed by atoms with Crippen molar-refractivity contribution in [2.45, 2.75) is 63.0 Å². The SMILES string of the molecule is CNc1cc(C(=O)NC[C@H](O)CN(CC(C)C)S(=O)(=O)c2ccc(OC)cc2)cc(C(=O)N(C)C2CCCCC2)c1. The summed E-state index contributed by atoms with van der Waals surface area (Å²) in [4.78, 5) is 28.2. The molecule has 0 saturated heterocycles. The third kappa shape index (κ3) is 8.67. The fourth-order valence-electron chi connectivity index (χ4n) is 5.05. The average molecular weight is 589 g/mol. The molecule has 1 fully saturated rings. The maximum Gasteiger partial charge on any atom is 0.253 e. The number of carbonyl (C=O) groups excluding carboxylic acids is 2. The minimum Gasteiger partial charge on any atom is -0.497 e. The largest absolute Gasteiger partial charge is 0.497 e. The molecule has 0 aromatic heterocycles. The molecule has 1 atom stereocenters. The molecule has 0 bridgehead atoms. The first-order valence-electron chi connectivity index (χ1n) is 14.2. The minimum atomic E-state index is -3.89. The summed E-state index contributed by atoms with van der Waals surface area (Å²) in [5.41, 5.74) is 1.30. The Bertz CT molecular complexity index is 1280. The standard InChI is InChI=1S/C30H44N4O6S/c1-21(2)19-34(41(38,39)28-13-11-27(40-5)12-14-28)20-26(35)18-32-29(36)22-15-23(17-24(16-22)31-3)30(37)33(4)25-9-7-6-8-10-25/h11-17,21,25-26,31,35H,6-10,18-20H2,1-5H3,(H,32,36)/t26-/m0/s1. The van der Waals surface area contributed by atoms with Crippen LogP contribution in [-0.4, -0.2) is 87.5 Å². The molecule has 1 aliphatic rings. The van der Waals surface area contributed by atoms with Crippen LogP contribution in [0.1, 0.15) is 66.7 Å². The summed E-state index contributed by atoms with van der Waals surface area (Å²) in [5.74, 6) is -0.0631. The molecule has 1 saturated carbocycles. The molecule has 0 spiro atoms. The van der Waals surface area contributed by atoms with E-state index in [0.717, 1.165) is 25.7 Å². The number of hydrogen-bond donors (Lipinski definition) is 3. The third-order valence-electron chi connectivity index (χ3n) is 7.35. The lowest BCUT2D eigenvalue weighted by molar-refractivity contribution is 0.0696. The number of aliphatic hydroxyl groups excluding tert-OH is 1. The molecule has 3 rings (SSSR count). The van der Waals surface area contributed by atoms with E-state index in [1.165, 1.54) is 30.0 Å². The second-order valence-electron chi connectivity index (χ2n) is 11.0. The number of hydrogen-bond acceptors (Lipinski definition) is 7. The van der Waals surface area contributed by atoms with E-state index in [1.807, 2.05) is 20.9 Å². The molecule has 2 amide bonds. The summed E-state index contributed by atoms with van der Waals surface area (Å²) in [6, 6.07) is 11.2. The first kappa shape index (κ1) is 32.4. The molecule has 2 aromatic rings. The monoisotopic (exact) mass is 588 g/mol. The van der Waals surface area contributed by atoms with Crippen LogP contribution in [0.3, 0.4) is 0 Å². The molecule has 3 N–H and O–H groups in total. The lowest BCUT2D eigenvalue weighted by Crippen LogP contribution is -2.44. The topological polar surface area (TPSA) is 128 Å². The number of ether oxygens (including phenoxy) is 1. The number of aliphatic hydroxyl groups is 1. The summed E-state index contributed by atoms with van der Waals surface area (Å²) in [6.07, 6.45) is 4.18. The number of sulfonamides is 1. The van der Waals surface area contributed by atoms with Gasteiger partial charge in [-0.1, -0.05) is 33.1 Å². The second-order valence-corrected chi connectivity index (χ2v) is 13.0. The molecule has 0 unspecified atom stereocenters. The zero-order chi connectivity index (χ0) is 30.2. The van der Waals surface area contributed by atoms with E-state index in [2.05, 4.69) is 10.6 Å². The predicted octanol–water partition coefficient (Wildman–Crippen LogP) is 3.58. The van der Waals surface area contributed by atoms with Crippen molar-refractivity contribution in [2.75, 3.05) is 46.2 Å². The lowest BCUT2D eigenvalue weighted by atomic mass is 9.94. The molecular weight excluding hydrogens is 544 g/mol. The first-order valence-corrected chi connectivity index (χ1v) is 15.6. The van der Waals surface area contributed by atoms with Gasteiger partial charge in [0.05, 0.1) is 18.1 Å². The van der Waals surface area contributed by atoms with Crippen molar-refractivity contribution in [1.82, 2.24) is 14.5 Å². The minimum absolute atomic E-state index is 0.0109. The number of benzene rings is 2. The van der Waals surface area contributed by atoms with Crippen LogP contribution in [0.15, 0.2) is 47.4 Å². The predicted molar refractivity (Wildman–Crippen MR) is 160 cm³/mol. The van der Waals surface area contributed by atoms with Gasteiger partial charge in [0.15, 0.2) is 0 Å². The van der Waals surface area contributed by atoms with Gasteiger partial charge in [-0.2, -0.15) is 4.31 Å². The Morgan fingerprint density at radius 3 is 2.24 bits per heavy atom. The number of methoxy groups -OCH3 is 1. The molecule has 41 heavy (non-hydrogen) atoms. The number of nitrogens with one attached hydrogen (secondary N) is 2. The Labute approximate surface area is 244 Å². The summed E-state index contributed by atoms with van der Waals surface area (Å²) < 4.78 is 33.0. The number of amides is 2. The highest BCUT2D eigenvalue weighted by molar-refractivity contribution is 7.89. The number of carbonyl (C=O) groups is 2. The number of anilines is 1. The first-order chi connectivity index (χ1) is 19.5. The van der Waals surface area contributed by atoms with Crippen molar-refractivity contribution < 1.29 is 27.9 Å². The van der Waals surface area contributed by atoms with Gasteiger partial charge in [0, 0.05) is 56.6 Å². The molecule has 10 nitrogen and oxygen atoms in total. The third-order valence-corrected chi connectivity index (χ3v) is 9.20. The van der Waals surface area contributed by atoms with Gasteiger partial charge in [0.1, 0.15) is 5.75 Å². The van der Waals surface area contributed by atoms with Gasteiger partial charge in [-0.25, -0.2) is 8.42 Å². The van der Waals surface area contributed by atoms with Crippen molar-refractivity contribution in [3.8, 4) is 5.75 Å². The van der Waals surface area contributed by atoms with Gasteiger partial charge < -0.3 is 25.4 Å². The Balaban J connectivity index is 1.69. The molecule has 2 aromatic carbocycles. The van der Waals surface area contributed by atoms with E-state index in [4.69, 9.17) is 4.74 Å². The van der Waals surface area contributed by atoms with Crippen LogP contribution in [-0.2, 0) is 10.0 Å². The number of nitrogens with zero attached hydrogens (tertiary/aromatic N) is 2. The normalized spacial score (nSPS) is 15.0. The van der Waals surface area contributed by atoms with Crippen LogP contribution in [0, 0.1) is 5.92 Å². The Kier molecular flexibility index (Phi) is 11.6. The van der Waals surface area contributed by atoms with Crippen LogP contribution >= 0.6 is 0 Å². The smallest absolute Gasteiger partial charge is 0.253 e. The molecule has 226 valence electrons. The molecule has 0 heterocycles. The van der Waals surface area contributed by atoms with E-state index < -0.39 is 22.0 Å². The summed E-state index contributed by atoms with van der Waals surface area (Å²) in [7, 11) is 1.13. The maximum atomic E-state index is 13.3. The van der Waals surface area contributed by atoms with Crippen LogP contribution in [0.25, 0.3) is 0 Å². The Morgan fingerprint density at radius 2 is 1.66 bits per heavy atom. The highest BCUT2D eigenvalue weighted by Gasteiger charge is 2.28. The van der Waals surface area contributed by atoms with Crippen LogP contribution in [0.2, 0.25) is 0 Å². The van der Waals surface area contributed by atoms with Crippen molar-refractivity contribution in [3.63, 3.8) is 0 Å². The van der Waals surface area contributed by atoms with E-state index >= 15 is 0 Å². The van der Waals surface area contributed by atoms with Gasteiger partial charge in [0.2, 0.25) is 10.0 Å². The average Bonchev–Trinajstić information content (AvgIpc) is 2.98. The van der Waals surface area contributed by atoms with Gasteiger partial charge in [-0.15, -0.1) is 0 Å². The summed E-state index contributed by atoms with van der Waals surface area (Å²) >= 11 is 0. The highest BCUT2D eigenvalue weighted by Crippen LogP contribution is 2.25. The van der Waals surface area contributed by atoms with E-state index in [-0.39, 0.29) is 48.0 Å². The Hall–Kier alpha value is -3.15. The highest BCUT2D eigenvalue weighted by atomic mass is 32.2.